The van der Waals surface area contributed by atoms with Gasteiger partial charge in [-0.15, -0.1) is 0 Å². The van der Waals surface area contributed by atoms with Gasteiger partial charge in [-0.2, -0.15) is 0 Å². The van der Waals surface area contributed by atoms with E-state index < -0.39 is 0 Å². The molecule has 1 aliphatic heterocycles. The van der Waals surface area contributed by atoms with Gasteiger partial charge < -0.3 is 9.64 Å². The first-order valence-corrected chi connectivity index (χ1v) is 8.13. The van der Waals surface area contributed by atoms with Crippen LogP contribution < -0.4 is 4.90 Å². The number of benzene rings is 1. The lowest BCUT2D eigenvalue weighted by Gasteiger charge is -2.32. The number of para-hydroxylation sites is 2. The molecule has 0 spiro atoms. The Morgan fingerprint density at radius 2 is 1.95 bits per heavy atom. The molecule has 0 atom stereocenters. The van der Waals surface area contributed by atoms with Gasteiger partial charge in [0.15, 0.2) is 0 Å². The molecule has 1 saturated heterocycles. The second-order valence-corrected chi connectivity index (χ2v) is 5.76. The SMILES string of the molecule is BrCCOC1CCN(c2cnc3ccccc3n2)CC1. The lowest BCUT2D eigenvalue weighted by atomic mass is 10.1. The van der Waals surface area contributed by atoms with Crippen LogP contribution in [0.15, 0.2) is 30.5 Å². The number of hydrogen-bond acceptors (Lipinski definition) is 4. The first-order chi connectivity index (χ1) is 9.86. The number of piperidine rings is 1. The van der Waals surface area contributed by atoms with Crippen LogP contribution in [0.2, 0.25) is 0 Å². The summed E-state index contributed by atoms with van der Waals surface area (Å²) in [5, 5.41) is 0.906. The third kappa shape index (κ3) is 3.10. The van der Waals surface area contributed by atoms with Crippen LogP contribution in [-0.2, 0) is 4.74 Å². The number of anilines is 1. The lowest BCUT2D eigenvalue weighted by molar-refractivity contribution is 0.0480. The van der Waals surface area contributed by atoms with E-state index in [2.05, 4.69) is 25.8 Å². The lowest BCUT2D eigenvalue weighted by Crippen LogP contribution is -2.37. The number of rotatable bonds is 4. The first kappa shape index (κ1) is 13.8. The molecular formula is C15H18BrN3O. The van der Waals surface area contributed by atoms with Crippen molar-refractivity contribution in [3.8, 4) is 0 Å². The molecule has 2 aromatic rings. The van der Waals surface area contributed by atoms with Crippen molar-refractivity contribution in [2.24, 2.45) is 0 Å². The van der Waals surface area contributed by atoms with E-state index in [9.17, 15) is 0 Å². The van der Waals surface area contributed by atoms with Crippen molar-refractivity contribution in [3.05, 3.63) is 30.5 Å². The summed E-state index contributed by atoms with van der Waals surface area (Å²) in [6.45, 7) is 2.76. The van der Waals surface area contributed by atoms with E-state index in [-0.39, 0.29) is 0 Å². The fourth-order valence-corrected chi connectivity index (χ4v) is 2.75. The van der Waals surface area contributed by atoms with E-state index in [1.54, 1.807) is 0 Å². The van der Waals surface area contributed by atoms with Crippen LogP contribution in [0, 0.1) is 0 Å². The molecule has 0 amide bonds. The molecule has 0 aliphatic carbocycles. The Morgan fingerprint density at radius 3 is 2.70 bits per heavy atom. The second kappa shape index (κ2) is 6.50. The molecule has 3 rings (SSSR count). The maximum absolute atomic E-state index is 5.78. The summed E-state index contributed by atoms with van der Waals surface area (Å²) in [6, 6.07) is 7.99. The number of halogens is 1. The molecule has 0 saturated carbocycles. The zero-order valence-corrected chi connectivity index (χ0v) is 12.9. The Hall–Kier alpha value is -1.20. The minimum absolute atomic E-state index is 0.386. The van der Waals surface area contributed by atoms with Crippen LogP contribution in [-0.4, -0.2) is 41.1 Å². The topological polar surface area (TPSA) is 38.2 Å². The van der Waals surface area contributed by atoms with Crippen molar-refractivity contribution in [2.75, 3.05) is 29.9 Å². The van der Waals surface area contributed by atoms with Crippen LogP contribution >= 0.6 is 15.9 Å². The monoisotopic (exact) mass is 335 g/mol. The molecule has 1 aromatic heterocycles. The molecular weight excluding hydrogens is 318 g/mol. The predicted molar refractivity (Wildman–Crippen MR) is 84.5 cm³/mol. The molecule has 0 N–H and O–H groups in total. The van der Waals surface area contributed by atoms with Gasteiger partial charge in [-0.25, -0.2) is 4.98 Å². The fraction of sp³-hybridized carbons (Fsp3) is 0.467. The Kier molecular flexibility index (Phi) is 4.47. The second-order valence-electron chi connectivity index (χ2n) is 4.96. The van der Waals surface area contributed by atoms with Crippen LogP contribution in [0.1, 0.15) is 12.8 Å². The van der Waals surface area contributed by atoms with E-state index in [0.29, 0.717) is 6.10 Å². The summed E-state index contributed by atoms with van der Waals surface area (Å²) >= 11 is 3.39. The molecule has 1 aromatic carbocycles. The van der Waals surface area contributed by atoms with Gasteiger partial charge in [-0.1, -0.05) is 28.1 Å². The van der Waals surface area contributed by atoms with Gasteiger partial charge in [-0.3, -0.25) is 4.98 Å². The standard InChI is InChI=1S/C15H18BrN3O/c16-7-10-20-12-5-8-19(9-6-12)15-11-17-13-3-1-2-4-14(13)18-15/h1-4,11-12H,5-10H2. The number of nitrogens with zero attached hydrogens (tertiary/aromatic N) is 3. The van der Waals surface area contributed by atoms with Crippen LogP contribution in [0.3, 0.4) is 0 Å². The molecule has 5 heteroatoms. The summed E-state index contributed by atoms with van der Waals surface area (Å²) in [7, 11) is 0. The normalized spacial score (nSPS) is 16.8. The summed E-state index contributed by atoms with van der Waals surface area (Å²) in [4.78, 5) is 11.5. The van der Waals surface area contributed by atoms with Crippen molar-refractivity contribution in [1.29, 1.82) is 0 Å². The van der Waals surface area contributed by atoms with Gasteiger partial charge in [0.25, 0.3) is 0 Å². The average molecular weight is 336 g/mol. The fourth-order valence-electron chi connectivity index (χ4n) is 2.56. The van der Waals surface area contributed by atoms with E-state index in [0.717, 1.165) is 54.7 Å². The number of aromatic nitrogens is 2. The summed E-state index contributed by atoms with van der Waals surface area (Å²) in [6.07, 6.45) is 4.38. The van der Waals surface area contributed by atoms with Gasteiger partial charge >= 0.3 is 0 Å². The minimum atomic E-state index is 0.386. The predicted octanol–water partition coefficient (Wildman–Crippen LogP) is 3.01. The Bertz CT molecular complexity index is 570. The Balaban J connectivity index is 1.67. The van der Waals surface area contributed by atoms with Crippen LogP contribution in [0.25, 0.3) is 11.0 Å². The van der Waals surface area contributed by atoms with Gasteiger partial charge in [0, 0.05) is 18.4 Å². The molecule has 20 heavy (non-hydrogen) atoms. The van der Waals surface area contributed by atoms with Gasteiger partial charge in [-0.05, 0) is 25.0 Å². The molecule has 0 radical (unpaired) electrons. The number of alkyl halides is 1. The zero-order chi connectivity index (χ0) is 13.8. The molecule has 0 unspecified atom stereocenters. The van der Waals surface area contributed by atoms with Crippen LogP contribution in [0.4, 0.5) is 5.82 Å². The van der Waals surface area contributed by atoms with E-state index >= 15 is 0 Å². The highest BCUT2D eigenvalue weighted by Crippen LogP contribution is 2.21. The van der Waals surface area contributed by atoms with Gasteiger partial charge in [0.05, 0.1) is 29.9 Å². The van der Waals surface area contributed by atoms with E-state index in [1.807, 2.05) is 30.5 Å². The highest BCUT2D eigenvalue weighted by atomic mass is 79.9. The highest BCUT2D eigenvalue weighted by Gasteiger charge is 2.20. The highest BCUT2D eigenvalue weighted by molar-refractivity contribution is 9.09. The molecule has 1 aliphatic rings. The smallest absolute Gasteiger partial charge is 0.147 e. The third-order valence-corrected chi connectivity index (χ3v) is 3.96. The van der Waals surface area contributed by atoms with Gasteiger partial charge in [0.2, 0.25) is 0 Å². The Labute approximate surface area is 127 Å². The van der Waals surface area contributed by atoms with Crippen molar-refractivity contribution in [2.45, 2.75) is 18.9 Å². The number of fused-ring (bicyclic) bond motifs is 1. The summed E-state index contributed by atoms with van der Waals surface area (Å²) in [5.74, 6) is 0.975. The largest absolute Gasteiger partial charge is 0.377 e. The molecule has 0 bridgehead atoms. The van der Waals surface area contributed by atoms with Gasteiger partial charge in [0.1, 0.15) is 5.82 Å². The van der Waals surface area contributed by atoms with Crippen molar-refractivity contribution < 1.29 is 4.74 Å². The Morgan fingerprint density at radius 1 is 1.20 bits per heavy atom. The number of hydrogen-bond donors (Lipinski definition) is 0. The molecule has 4 nitrogen and oxygen atoms in total. The molecule has 106 valence electrons. The molecule has 2 heterocycles. The average Bonchev–Trinajstić information content (AvgIpc) is 2.53. The van der Waals surface area contributed by atoms with E-state index in [4.69, 9.17) is 9.72 Å². The zero-order valence-electron chi connectivity index (χ0n) is 11.3. The van der Waals surface area contributed by atoms with Crippen molar-refractivity contribution >= 4 is 32.8 Å². The first-order valence-electron chi connectivity index (χ1n) is 7.01. The number of ether oxygens (including phenoxy) is 1. The minimum Gasteiger partial charge on any atom is -0.377 e. The van der Waals surface area contributed by atoms with E-state index in [1.165, 1.54) is 0 Å². The maximum atomic E-state index is 5.78. The van der Waals surface area contributed by atoms with Crippen LogP contribution in [0.5, 0.6) is 0 Å². The van der Waals surface area contributed by atoms with Crippen molar-refractivity contribution in [3.63, 3.8) is 0 Å². The van der Waals surface area contributed by atoms with Crippen molar-refractivity contribution in [1.82, 2.24) is 9.97 Å². The maximum Gasteiger partial charge on any atom is 0.147 e. The molecule has 1 fully saturated rings. The quantitative estimate of drug-likeness (QED) is 0.805. The summed E-state index contributed by atoms with van der Waals surface area (Å²) < 4.78 is 5.78. The summed E-state index contributed by atoms with van der Waals surface area (Å²) in [5.41, 5.74) is 1.91. The third-order valence-electron chi connectivity index (χ3n) is 3.63.